The van der Waals surface area contributed by atoms with Crippen molar-refractivity contribution in [1.82, 2.24) is 0 Å². The van der Waals surface area contributed by atoms with Gasteiger partial charge in [-0.05, 0) is 124 Å². The van der Waals surface area contributed by atoms with Gasteiger partial charge in [-0.3, -0.25) is 0 Å². The Bertz CT molecular complexity index is 2030. The molecule has 0 unspecified atom stereocenters. The summed E-state index contributed by atoms with van der Waals surface area (Å²) in [5.41, 5.74) is 5.45. The number of benzene rings is 6. The van der Waals surface area contributed by atoms with Gasteiger partial charge in [-0.25, -0.2) is 0 Å². The first-order chi connectivity index (χ1) is 16.5. The van der Waals surface area contributed by atoms with E-state index in [0.717, 1.165) is 0 Å². The van der Waals surface area contributed by atoms with Crippen molar-refractivity contribution in [2.75, 3.05) is 0 Å². The van der Waals surface area contributed by atoms with Crippen LogP contribution in [0.4, 0.5) is 0 Å². The maximum Gasteiger partial charge on any atom is -0.0000933 e. The second kappa shape index (κ2) is 5.96. The predicted octanol–water partition coefficient (Wildman–Crippen LogP) is 8.15. The van der Waals surface area contributed by atoms with Crippen LogP contribution >= 0.6 is 0 Å². The molecular weight excluding hydrogens is 408 g/mol. The molecule has 0 heteroatoms. The first-order valence-corrected chi connectivity index (χ1v) is 12.2. The monoisotopic (exact) mass is 432 g/mol. The van der Waals surface area contributed by atoms with Gasteiger partial charge in [0.05, 0.1) is 0 Å². The van der Waals surface area contributed by atoms with Crippen molar-refractivity contribution in [3.8, 4) is 0 Å². The number of hydrogen-bond donors (Lipinski definition) is 0. The summed E-state index contributed by atoms with van der Waals surface area (Å²) in [5, 5.41) is 19.7. The minimum Gasteiger partial charge on any atom is -0.0616 e. The zero-order valence-electron chi connectivity index (χ0n) is 19.9. The summed E-state index contributed by atoms with van der Waals surface area (Å²) in [6.45, 7) is 8.98. The first kappa shape index (κ1) is 18.5. The number of rotatable bonds is 0. The summed E-state index contributed by atoms with van der Waals surface area (Å²) < 4.78 is 0. The Morgan fingerprint density at radius 3 is 0.824 bits per heavy atom. The van der Waals surface area contributed by atoms with Crippen molar-refractivity contribution in [3.05, 3.63) is 137 Å². The average Bonchev–Trinajstić information content (AvgIpc) is 3.33. The molecule has 6 aromatic carbocycles. The standard InChI is InChI=1S/C34H24/c1-17-13-25-26(14-18(17)2)30-23-11-7-8-12-24(23)32-28-16-20(4)19(3)15-27(28)31-22-10-6-5-9-21(22)29(25)33(30)34(31)32/h5-16H,1-4H3. The highest BCUT2D eigenvalue weighted by molar-refractivity contribution is 6.08. The molecule has 0 saturated carbocycles. The fourth-order valence-corrected chi connectivity index (χ4v) is 6.71. The zero-order valence-corrected chi connectivity index (χ0v) is 19.9. The number of fused-ring (bicyclic) bond motifs is 8. The molecular formula is C34H24. The predicted molar refractivity (Wildman–Crippen MR) is 141 cm³/mol. The first-order valence-electron chi connectivity index (χ1n) is 12.2. The SMILES string of the molecule is Cc1cc2c(cc1C)=c1c3ccccc3c3c4c(c5ccccc5c=2c14)=c1cc(C)c(C)cc1=3. The largest absolute Gasteiger partial charge is 0.0616 e. The van der Waals surface area contributed by atoms with Crippen LogP contribution in [0.3, 0.4) is 0 Å². The summed E-state index contributed by atoms with van der Waals surface area (Å²) in [4.78, 5) is 0. The molecule has 0 saturated heterocycles. The fourth-order valence-electron chi connectivity index (χ4n) is 6.71. The number of hydrogen-bond acceptors (Lipinski definition) is 0. The van der Waals surface area contributed by atoms with Gasteiger partial charge in [-0.15, -0.1) is 0 Å². The van der Waals surface area contributed by atoms with Crippen molar-refractivity contribution in [3.63, 3.8) is 0 Å². The van der Waals surface area contributed by atoms with Crippen molar-refractivity contribution in [2.45, 2.75) is 27.7 Å². The third-order valence-electron chi connectivity index (χ3n) is 8.53. The molecule has 0 fully saturated rings. The van der Waals surface area contributed by atoms with Crippen LogP contribution in [0.5, 0.6) is 0 Å². The molecule has 0 nitrogen and oxygen atoms in total. The van der Waals surface area contributed by atoms with Crippen molar-refractivity contribution in [2.24, 2.45) is 0 Å². The van der Waals surface area contributed by atoms with Gasteiger partial charge in [0.2, 0.25) is 0 Å². The van der Waals surface area contributed by atoms with E-state index in [-0.39, 0.29) is 0 Å². The average molecular weight is 433 g/mol. The van der Waals surface area contributed by atoms with E-state index in [4.69, 9.17) is 0 Å². The molecule has 2 aliphatic rings. The highest BCUT2D eigenvalue weighted by atomic mass is 14.2. The van der Waals surface area contributed by atoms with Crippen LogP contribution in [0.25, 0.3) is 32.3 Å². The zero-order chi connectivity index (χ0) is 22.9. The second-order valence-corrected chi connectivity index (χ2v) is 10.3. The molecule has 0 spiro atoms. The van der Waals surface area contributed by atoms with Gasteiger partial charge in [0.1, 0.15) is 0 Å². The van der Waals surface area contributed by atoms with E-state index in [1.807, 2.05) is 0 Å². The Morgan fingerprint density at radius 2 is 0.588 bits per heavy atom. The second-order valence-electron chi connectivity index (χ2n) is 10.3. The topological polar surface area (TPSA) is 0 Å². The molecule has 8 rings (SSSR count). The molecule has 0 radical (unpaired) electrons. The lowest BCUT2D eigenvalue weighted by molar-refractivity contribution is 1.30. The Balaban J connectivity index is 1.98. The normalized spacial score (nSPS) is 12.7. The third kappa shape index (κ3) is 1.98. The highest BCUT2D eigenvalue weighted by Gasteiger charge is 2.20. The summed E-state index contributed by atoms with van der Waals surface area (Å²) in [5.74, 6) is 0. The van der Waals surface area contributed by atoms with Crippen LogP contribution in [0.15, 0.2) is 72.8 Å². The molecule has 0 N–H and O–H groups in total. The molecule has 0 aliphatic heterocycles. The lowest BCUT2D eigenvalue weighted by atomic mass is 9.94. The van der Waals surface area contributed by atoms with Gasteiger partial charge >= 0.3 is 0 Å². The summed E-state index contributed by atoms with van der Waals surface area (Å²) in [6.07, 6.45) is 0. The van der Waals surface area contributed by atoms with Gasteiger partial charge < -0.3 is 0 Å². The molecule has 6 aromatic rings. The van der Waals surface area contributed by atoms with Crippen LogP contribution in [-0.2, 0) is 0 Å². The van der Waals surface area contributed by atoms with E-state index in [1.54, 1.807) is 0 Å². The lowest BCUT2D eigenvalue weighted by Gasteiger charge is -2.08. The molecule has 0 amide bonds. The van der Waals surface area contributed by atoms with Gasteiger partial charge in [0.15, 0.2) is 0 Å². The van der Waals surface area contributed by atoms with Crippen molar-refractivity contribution >= 4 is 32.3 Å². The van der Waals surface area contributed by atoms with Gasteiger partial charge in [0, 0.05) is 0 Å². The van der Waals surface area contributed by atoms with Crippen molar-refractivity contribution < 1.29 is 0 Å². The van der Waals surface area contributed by atoms with Crippen LogP contribution in [0, 0.1) is 69.4 Å². The Morgan fingerprint density at radius 1 is 0.353 bits per heavy atom. The summed E-state index contributed by atoms with van der Waals surface area (Å²) >= 11 is 0. The van der Waals surface area contributed by atoms with E-state index in [9.17, 15) is 0 Å². The maximum absolute atomic E-state index is 2.43. The minimum atomic E-state index is 1.36. The van der Waals surface area contributed by atoms with Crippen LogP contribution < -0.4 is 0 Å². The van der Waals surface area contributed by atoms with Crippen LogP contribution in [0.1, 0.15) is 22.3 Å². The molecule has 0 aromatic heterocycles. The summed E-state index contributed by atoms with van der Waals surface area (Å²) in [6, 6.07) is 27.9. The van der Waals surface area contributed by atoms with Gasteiger partial charge in [-0.1, -0.05) is 72.8 Å². The number of aryl methyl sites for hydroxylation is 4. The molecule has 160 valence electrons. The smallest absolute Gasteiger partial charge is 0.0000933 e. The van der Waals surface area contributed by atoms with E-state index in [2.05, 4.69) is 100 Å². The maximum atomic E-state index is 2.43. The lowest BCUT2D eigenvalue weighted by Crippen LogP contribution is -1.86. The Hall–Kier alpha value is -3.90. The van der Waals surface area contributed by atoms with Gasteiger partial charge in [0.25, 0.3) is 0 Å². The molecule has 34 heavy (non-hydrogen) atoms. The van der Waals surface area contributed by atoms with E-state index >= 15 is 0 Å². The molecule has 0 bridgehead atoms. The van der Waals surface area contributed by atoms with Crippen LogP contribution in [-0.4, -0.2) is 0 Å². The Labute approximate surface area is 196 Å². The molecule has 0 heterocycles. The fraction of sp³-hybridized carbons (Fsp3) is 0.118. The molecule has 0 atom stereocenters. The molecule has 2 aliphatic carbocycles. The summed E-state index contributed by atoms with van der Waals surface area (Å²) in [7, 11) is 0. The quantitative estimate of drug-likeness (QED) is 0.212. The third-order valence-corrected chi connectivity index (χ3v) is 8.53. The van der Waals surface area contributed by atoms with E-state index < -0.39 is 0 Å². The highest BCUT2D eigenvalue weighted by Crippen LogP contribution is 2.40. The minimum absolute atomic E-state index is 1.36. The van der Waals surface area contributed by atoms with Gasteiger partial charge in [-0.2, -0.15) is 0 Å². The van der Waals surface area contributed by atoms with E-state index in [0.29, 0.717) is 0 Å². The van der Waals surface area contributed by atoms with Crippen LogP contribution in [0.2, 0.25) is 0 Å². The Kier molecular flexibility index (Phi) is 3.25. The van der Waals surface area contributed by atoms with E-state index in [1.165, 1.54) is 96.3 Å². The van der Waals surface area contributed by atoms with Crippen molar-refractivity contribution in [1.29, 1.82) is 0 Å².